The van der Waals surface area contributed by atoms with Crippen molar-refractivity contribution in [1.29, 1.82) is 0 Å². The Bertz CT molecular complexity index is 841. The molecule has 0 aliphatic carbocycles. The first-order valence-corrected chi connectivity index (χ1v) is 7.76. The Hall–Kier alpha value is -2.37. The zero-order valence-corrected chi connectivity index (χ0v) is 13.9. The lowest BCUT2D eigenvalue weighted by atomic mass is 9.95. The van der Waals surface area contributed by atoms with Gasteiger partial charge in [-0.15, -0.1) is 0 Å². The number of phenols is 1. The van der Waals surface area contributed by atoms with Crippen molar-refractivity contribution in [1.82, 2.24) is 4.57 Å². The summed E-state index contributed by atoms with van der Waals surface area (Å²) < 4.78 is 18.4. The molecule has 124 valence electrons. The topological polar surface area (TPSA) is 73.8 Å². The van der Waals surface area contributed by atoms with E-state index in [4.69, 9.17) is 13.9 Å². The van der Waals surface area contributed by atoms with Crippen LogP contribution in [0.15, 0.2) is 15.3 Å². The molecule has 1 aromatic carbocycles. The van der Waals surface area contributed by atoms with Gasteiger partial charge in [0.05, 0.1) is 12.2 Å². The van der Waals surface area contributed by atoms with Crippen LogP contribution in [0.2, 0.25) is 0 Å². The normalized spacial score (nSPS) is 16.6. The van der Waals surface area contributed by atoms with E-state index < -0.39 is 5.76 Å². The van der Waals surface area contributed by atoms with Crippen LogP contribution in [0.3, 0.4) is 0 Å². The van der Waals surface area contributed by atoms with E-state index in [-0.39, 0.29) is 35.4 Å². The molecule has 0 spiro atoms. The number of phenolic OH excluding ortho intramolecular Hbond substituents is 1. The first kappa shape index (κ1) is 15.5. The van der Waals surface area contributed by atoms with Gasteiger partial charge in [-0.3, -0.25) is 0 Å². The lowest BCUT2D eigenvalue weighted by Gasteiger charge is -2.23. The molecular formula is C17H21NO5. The minimum absolute atomic E-state index is 0.00625. The van der Waals surface area contributed by atoms with Gasteiger partial charge in [-0.1, -0.05) is 13.0 Å². The Kier molecular flexibility index (Phi) is 3.62. The molecule has 1 aliphatic rings. The number of ether oxygens (including phenoxy) is 2. The van der Waals surface area contributed by atoms with Crippen molar-refractivity contribution in [2.45, 2.75) is 52.7 Å². The van der Waals surface area contributed by atoms with Crippen molar-refractivity contribution >= 4 is 17.3 Å². The van der Waals surface area contributed by atoms with Gasteiger partial charge in [-0.05, 0) is 27.7 Å². The van der Waals surface area contributed by atoms with Crippen LogP contribution in [-0.4, -0.2) is 21.9 Å². The lowest BCUT2D eigenvalue weighted by Crippen LogP contribution is -2.14. The molecule has 0 bridgehead atoms. The van der Waals surface area contributed by atoms with Gasteiger partial charge in [0.15, 0.2) is 5.75 Å². The van der Waals surface area contributed by atoms with E-state index in [9.17, 15) is 9.90 Å². The summed E-state index contributed by atoms with van der Waals surface area (Å²) in [4.78, 5) is 12.1. The van der Waals surface area contributed by atoms with Crippen LogP contribution < -0.4 is 15.2 Å². The number of hydrogen-bond donors (Lipinski definition) is 1. The maximum atomic E-state index is 12.1. The van der Waals surface area contributed by atoms with Crippen molar-refractivity contribution in [2.24, 2.45) is 0 Å². The highest BCUT2D eigenvalue weighted by molar-refractivity contribution is 5.92. The van der Waals surface area contributed by atoms with E-state index in [1.807, 2.05) is 40.7 Å². The number of aromatic nitrogens is 1. The van der Waals surface area contributed by atoms with E-state index in [0.29, 0.717) is 16.7 Å². The number of allylic oxidation sites excluding steroid dienone is 1. The monoisotopic (exact) mass is 319 g/mol. The molecule has 1 aromatic heterocycles. The largest absolute Gasteiger partial charge is 0.504 e. The highest BCUT2D eigenvalue weighted by Crippen LogP contribution is 2.50. The molecule has 3 rings (SSSR count). The maximum Gasteiger partial charge on any atom is 0.424 e. The minimum atomic E-state index is -0.515. The number of oxazole rings is 1. The van der Waals surface area contributed by atoms with E-state index in [1.54, 1.807) is 6.20 Å². The van der Waals surface area contributed by atoms with Gasteiger partial charge >= 0.3 is 5.76 Å². The van der Waals surface area contributed by atoms with Gasteiger partial charge in [0.1, 0.15) is 5.52 Å². The molecule has 1 atom stereocenters. The van der Waals surface area contributed by atoms with Crippen LogP contribution in [0.25, 0.3) is 17.3 Å². The number of aromatic hydroxyl groups is 1. The SMILES string of the molecule is CC(C)Oc1c(O)c2c3c(oc(=O)n3C=CC2C)c1OC(C)C. The molecule has 0 radical (unpaired) electrons. The van der Waals surface area contributed by atoms with Gasteiger partial charge in [0.25, 0.3) is 0 Å². The Morgan fingerprint density at radius 3 is 2.39 bits per heavy atom. The highest BCUT2D eigenvalue weighted by atomic mass is 16.5. The predicted molar refractivity (Wildman–Crippen MR) is 87.4 cm³/mol. The Balaban J connectivity index is 2.42. The second-order valence-corrected chi connectivity index (χ2v) is 6.30. The van der Waals surface area contributed by atoms with E-state index in [1.165, 1.54) is 4.57 Å². The standard InChI is InChI=1S/C17H21NO5/c1-8(2)21-15-13(19)11-10(5)6-7-18-12(11)14(23-17(18)20)16(15)22-9(3)4/h6-10,19H,1-5H3. The van der Waals surface area contributed by atoms with Crippen LogP contribution in [-0.2, 0) is 0 Å². The van der Waals surface area contributed by atoms with E-state index in [2.05, 4.69) is 0 Å². The third-order valence-corrected chi connectivity index (χ3v) is 3.67. The van der Waals surface area contributed by atoms with Crippen molar-refractivity contribution in [2.75, 3.05) is 0 Å². The molecule has 0 saturated carbocycles. The molecule has 23 heavy (non-hydrogen) atoms. The van der Waals surface area contributed by atoms with Crippen molar-refractivity contribution in [3.8, 4) is 17.2 Å². The lowest BCUT2D eigenvalue weighted by molar-refractivity contribution is 0.192. The molecule has 0 fully saturated rings. The molecule has 6 nitrogen and oxygen atoms in total. The Labute approximate surface area is 133 Å². The molecule has 1 N–H and O–H groups in total. The molecule has 2 aromatic rings. The van der Waals surface area contributed by atoms with Crippen LogP contribution in [0.5, 0.6) is 17.2 Å². The van der Waals surface area contributed by atoms with Gasteiger partial charge in [-0.2, -0.15) is 0 Å². The van der Waals surface area contributed by atoms with Crippen LogP contribution >= 0.6 is 0 Å². The average Bonchev–Trinajstić information content (AvgIpc) is 2.77. The summed E-state index contributed by atoms with van der Waals surface area (Å²) in [5, 5.41) is 10.8. The summed E-state index contributed by atoms with van der Waals surface area (Å²) in [5.74, 6) is -0.105. The van der Waals surface area contributed by atoms with Gasteiger partial charge < -0.3 is 19.0 Å². The van der Waals surface area contributed by atoms with E-state index in [0.717, 1.165) is 0 Å². The van der Waals surface area contributed by atoms with Gasteiger partial charge in [0, 0.05) is 17.7 Å². The molecular weight excluding hydrogens is 298 g/mol. The summed E-state index contributed by atoms with van der Waals surface area (Å²) in [6, 6.07) is 0. The highest BCUT2D eigenvalue weighted by Gasteiger charge is 2.31. The summed E-state index contributed by atoms with van der Waals surface area (Å²) in [7, 11) is 0. The summed E-state index contributed by atoms with van der Waals surface area (Å²) in [5.41, 5.74) is 1.46. The third kappa shape index (κ3) is 2.38. The summed E-state index contributed by atoms with van der Waals surface area (Å²) in [6.07, 6.45) is 3.17. The number of nitrogens with zero attached hydrogens (tertiary/aromatic N) is 1. The third-order valence-electron chi connectivity index (χ3n) is 3.67. The number of rotatable bonds is 4. The zero-order chi connectivity index (χ0) is 16.9. The smallest absolute Gasteiger partial charge is 0.424 e. The van der Waals surface area contributed by atoms with Gasteiger partial charge in [-0.25, -0.2) is 9.36 Å². The van der Waals surface area contributed by atoms with Crippen molar-refractivity contribution < 1.29 is 19.0 Å². The second-order valence-electron chi connectivity index (χ2n) is 6.30. The first-order chi connectivity index (χ1) is 10.8. The van der Waals surface area contributed by atoms with Crippen LogP contribution in [0, 0.1) is 0 Å². The minimum Gasteiger partial charge on any atom is -0.504 e. The van der Waals surface area contributed by atoms with Crippen LogP contribution in [0.1, 0.15) is 46.1 Å². The second kappa shape index (κ2) is 5.37. The van der Waals surface area contributed by atoms with Gasteiger partial charge in [0.2, 0.25) is 17.1 Å². The fourth-order valence-corrected chi connectivity index (χ4v) is 2.80. The maximum absolute atomic E-state index is 12.1. The van der Waals surface area contributed by atoms with Crippen molar-refractivity contribution in [3.63, 3.8) is 0 Å². The average molecular weight is 319 g/mol. The number of hydrogen-bond acceptors (Lipinski definition) is 5. The van der Waals surface area contributed by atoms with Crippen molar-refractivity contribution in [3.05, 3.63) is 22.2 Å². The molecule has 0 saturated heterocycles. The van der Waals surface area contributed by atoms with Crippen LogP contribution in [0.4, 0.5) is 0 Å². The molecule has 0 amide bonds. The Morgan fingerprint density at radius 1 is 1.17 bits per heavy atom. The molecule has 6 heteroatoms. The molecule has 2 heterocycles. The fourth-order valence-electron chi connectivity index (χ4n) is 2.80. The zero-order valence-electron chi connectivity index (χ0n) is 13.9. The summed E-state index contributed by atoms with van der Waals surface area (Å²) >= 11 is 0. The molecule has 1 aliphatic heterocycles. The fraction of sp³-hybridized carbons (Fsp3) is 0.471. The first-order valence-electron chi connectivity index (χ1n) is 7.76. The van der Waals surface area contributed by atoms with E-state index >= 15 is 0 Å². The summed E-state index contributed by atoms with van der Waals surface area (Å²) in [6.45, 7) is 9.38. The quantitative estimate of drug-likeness (QED) is 0.934. The molecule has 1 unspecified atom stereocenters. The Morgan fingerprint density at radius 2 is 1.78 bits per heavy atom. The predicted octanol–water partition coefficient (Wildman–Crippen LogP) is 3.46. The number of benzene rings is 1.